The van der Waals surface area contributed by atoms with Gasteiger partial charge in [-0.15, -0.1) is 0 Å². The van der Waals surface area contributed by atoms with Crippen LogP contribution in [0.15, 0.2) is 0 Å². The minimum absolute atomic E-state index is 0.982. The molecule has 0 amide bonds. The van der Waals surface area contributed by atoms with E-state index in [1.807, 2.05) is 0 Å². The van der Waals surface area contributed by atoms with Crippen LogP contribution >= 0.6 is 0 Å². The van der Waals surface area contributed by atoms with Crippen molar-refractivity contribution in [2.24, 2.45) is 29.6 Å². The van der Waals surface area contributed by atoms with Crippen LogP contribution in [0.1, 0.15) is 91.4 Å². The van der Waals surface area contributed by atoms with Gasteiger partial charge in [0.1, 0.15) is 0 Å². The van der Waals surface area contributed by atoms with Crippen molar-refractivity contribution in [1.82, 2.24) is 0 Å². The van der Waals surface area contributed by atoms with E-state index in [2.05, 4.69) is 20.8 Å². The third kappa shape index (κ3) is 5.12. The zero-order chi connectivity index (χ0) is 13.7. The Labute approximate surface area is 121 Å². The molecule has 2 aliphatic rings. The van der Waals surface area contributed by atoms with Crippen molar-refractivity contribution in [2.75, 3.05) is 0 Å². The van der Waals surface area contributed by atoms with Crippen LogP contribution in [0, 0.1) is 29.6 Å². The zero-order valence-electron chi connectivity index (χ0n) is 13.7. The van der Waals surface area contributed by atoms with Gasteiger partial charge in [-0.1, -0.05) is 65.7 Å². The molecule has 2 aliphatic carbocycles. The fraction of sp³-hybridized carbons (Fsp3) is 1.00. The predicted octanol–water partition coefficient (Wildman–Crippen LogP) is 6.45. The predicted molar refractivity (Wildman–Crippen MR) is 85.3 cm³/mol. The summed E-state index contributed by atoms with van der Waals surface area (Å²) in [5, 5.41) is 0. The van der Waals surface area contributed by atoms with Crippen molar-refractivity contribution < 1.29 is 0 Å². The van der Waals surface area contributed by atoms with Crippen molar-refractivity contribution in [2.45, 2.75) is 91.4 Å². The summed E-state index contributed by atoms with van der Waals surface area (Å²) in [4.78, 5) is 0. The van der Waals surface area contributed by atoms with Gasteiger partial charge in [-0.2, -0.15) is 0 Å². The monoisotopic (exact) mass is 264 g/mol. The molecular formula is C19H36. The molecule has 0 heterocycles. The summed E-state index contributed by atoms with van der Waals surface area (Å²) in [6, 6.07) is 0. The van der Waals surface area contributed by atoms with Crippen molar-refractivity contribution in [3.8, 4) is 0 Å². The van der Waals surface area contributed by atoms with E-state index in [1.54, 1.807) is 6.42 Å². The van der Waals surface area contributed by atoms with E-state index in [0.29, 0.717) is 0 Å². The van der Waals surface area contributed by atoms with Gasteiger partial charge in [0.05, 0.1) is 0 Å². The maximum atomic E-state index is 2.54. The van der Waals surface area contributed by atoms with Gasteiger partial charge in [0.2, 0.25) is 0 Å². The van der Waals surface area contributed by atoms with Gasteiger partial charge in [0.15, 0.2) is 0 Å². The van der Waals surface area contributed by atoms with Gasteiger partial charge < -0.3 is 0 Å². The summed E-state index contributed by atoms with van der Waals surface area (Å²) in [7, 11) is 0. The summed E-state index contributed by atoms with van der Waals surface area (Å²) in [5.74, 6) is 5.17. The molecule has 2 fully saturated rings. The standard InChI is InChI=1S/C19H36/c1-4-17-8-6-10-19(14-17)13-16(3)12-18-9-5-7-15(2)11-18/h15-19H,4-14H2,1-3H3. The van der Waals surface area contributed by atoms with Gasteiger partial charge in [-0.3, -0.25) is 0 Å². The molecule has 0 aromatic rings. The molecule has 0 aliphatic heterocycles. The quantitative estimate of drug-likeness (QED) is 0.535. The molecule has 0 saturated heterocycles. The normalized spacial score (nSPS) is 38.1. The average Bonchev–Trinajstić information content (AvgIpc) is 2.38. The van der Waals surface area contributed by atoms with E-state index >= 15 is 0 Å². The first-order valence-corrected chi connectivity index (χ1v) is 9.17. The molecule has 19 heavy (non-hydrogen) atoms. The molecule has 5 atom stereocenters. The largest absolute Gasteiger partial charge is 0.0651 e. The molecule has 2 rings (SSSR count). The Morgan fingerprint density at radius 3 is 2.05 bits per heavy atom. The molecule has 0 aromatic heterocycles. The van der Waals surface area contributed by atoms with Gasteiger partial charge >= 0.3 is 0 Å². The van der Waals surface area contributed by atoms with Crippen molar-refractivity contribution in [3.05, 3.63) is 0 Å². The second-order valence-electron chi connectivity index (χ2n) is 8.02. The fourth-order valence-corrected chi connectivity index (χ4v) is 5.00. The smallest absolute Gasteiger partial charge is 0.0409 e. The Bertz CT molecular complexity index is 244. The molecule has 0 aromatic carbocycles. The highest BCUT2D eigenvalue weighted by molar-refractivity contribution is 4.77. The Hall–Kier alpha value is 0. The van der Waals surface area contributed by atoms with E-state index < -0.39 is 0 Å². The minimum Gasteiger partial charge on any atom is -0.0651 e. The fourth-order valence-electron chi connectivity index (χ4n) is 5.00. The molecule has 0 bridgehead atoms. The highest BCUT2D eigenvalue weighted by Crippen LogP contribution is 2.38. The van der Waals surface area contributed by atoms with E-state index in [9.17, 15) is 0 Å². The van der Waals surface area contributed by atoms with Gasteiger partial charge in [0, 0.05) is 0 Å². The van der Waals surface area contributed by atoms with Crippen LogP contribution in [0.25, 0.3) is 0 Å². The van der Waals surface area contributed by atoms with E-state index in [-0.39, 0.29) is 0 Å². The van der Waals surface area contributed by atoms with Crippen molar-refractivity contribution in [1.29, 1.82) is 0 Å². The number of hydrogen-bond acceptors (Lipinski definition) is 0. The average molecular weight is 264 g/mol. The van der Waals surface area contributed by atoms with Crippen LogP contribution in [0.2, 0.25) is 0 Å². The Morgan fingerprint density at radius 1 is 0.842 bits per heavy atom. The van der Waals surface area contributed by atoms with Crippen molar-refractivity contribution in [3.63, 3.8) is 0 Å². The van der Waals surface area contributed by atoms with Crippen molar-refractivity contribution >= 4 is 0 Å². The molecule has 0 radical (unpaired) electrons. The Kier molecular flexibility index (Phi) is 6.23. The number of rotatable bonds is 5. The first kappa shape index (κ1) is 15.4. The molecule has 0 N–H and O–H groups in total. The maximum Gasteiger partial charge on any atom is -0.0409 e. The topological polar surface area (TPSA) is 0 Å². The van der Waals surface area contributed by atoms with Gasteiger partial charge in [-0.25, -0.2) is 0 Å². The minimum atomic E-state index is 0.982. The summed E-state index contributed by atoms with van der Waals surface area (Å²) in [6.07, 6.45) is 16.6. The maximum absolute atomic E-state index is 2.54. The lowest BCUT2D eigenvalue weighted by atomic mass is 9.73. The molecule has 112 valence electrons. The first-order chi connectivity index (χ1) is 9.17. The Balaban J connectivity index is 1.69. The second kappa shape index (κ2) is 7.70. The van der Waals surface area contributed by atoms with Crippen LogP contribution in [0.3, 0.4) is 0 Å². The van der Waals surface area contributed by atoms with Crippen LogP contribution in [-0.4, -0.2) is 0 Å². The SMILES string of the molecule is CCC1CCCC(CC(C)CC2CCCC(C)C2)C1. The van der Waals surface area contributed by atoms with Gasteiger partial charge in [0.25, 0.3) is 0 Å². The summed E-state index contributed by atoms with van der Waals surface area (Å²) in [6.45, 7) is 7.39. The van der Waals surface area contributed by atoms with Crippen LogP contribution in [0.4, 0.5) is 0 Å². The molecule has 2 saturated carbocycles. The molecule has 0 nitrogen and oxygen atoms in total. The first-order valence-electron chi connectivity index (χ1n) is 9.17. The second-order valence-corrected chi connectivity index (χ2v) is 8.02. The van der Waals surface area contributed by atoms with Crippen LogP contribution in [-0.2, 0) is 0 Å². The zero-order valence-corrected chi connectivity index (χ0v) is 13.7. The summed E-state index contributed by atoms with van der Waals surface area (Å²) >= 11 is 0. The Morgan fingerprint density at radius 2 is 1.42 bits per heavy atom. The highest BCUT2D eigenvalue weighted by Gasteiger charge is 2.25. The van der Waals surface area contributed by atoms with E-state index in [0.717, 1.165) is 29.6 Å². The third-order valence-corrected chi connectivity index (χ3v) is 5.99. The van der Waals surface area contributed by atoms with E-state index in [1.165, 1.54) is 64.2 Å². The third-order valence-electron chi connectivity index (χ3n) is 5.99. The van der Waals surface area contributed by atoms with Crippen LogP contribution < -0.4 is 0 Å². The molecule has 0 heteroatoms. The van der Waals surface area contributed by atoms with E-state index in [4.69, 9.17) is 0 Å². The molecule has 0 spiro atoms. The summed E-state index contributed by atoms with van der Waals surface area (Å²) in [5.41, 5.74) is 0. The lowest BCUT2D eigenvalue weighted by molar-refractivity contribution is 0.193. The lowest BCUT2D eigenvalue weighted by Gasteiger charge is -2.33. The summed E-state index contributed by atoms with van der Waals surface area (Å²) < 4.78 is 0. The molecular weight excluding hydrogens is 228 g/mol. The lowest BCUT2D eigenvalue weighted by Crippen LogP contribution is -2.20. The van der Waals surface area contributed by atoms with Crippen LogP contribution in [0.5, 0.6) is 0 Å². The molecule has 5 unspecified atom stereocenters. The highest BCUT2D eigenvalue weighted by atomic mass is 14.3. The number of hydrogen-bond donors (Lipinski definition) is 0. The van der Waals surface area contributed by atoms with Gasteiger partial charge in [-0.05, 0) is 55.3 Å².